The normalized spacial score (nSPS) is 10.5. The standard InChI is InChI=1S/C15H15N5O/c1-16-10-12-7-8-17-14(9-12)21-15-18-11-20(19-15)13-5-3-2-4-6-13/h2-9,11,16H,10H2,1H3. The van der Waals surface area contributed by atoms with E-state index in [1.165, 1.54) is 0 Å². The van der Waals surface area contributed by atoms with E-state index in [0.29, 0.717) is 5.88 Å². The number of nitrogens with one attached hydrogen (secondary N) is 1. The first-order valence-electron chi connectivity index (χ1n) is 6.59. The summed E-state index contributed by atoms with van der Waals surface area (Å²) in [5, 5.41) is 7.36. The van der Waals surface area contributed by atoms with Gasteiger partial charge in [0.2, 0.25) is 5.88 Å². The van der Waals surface area contributed by atoms with Gasteiger partial charge >= 0.3 is 6.01 Å². The summed E-state index contributed by atoms with van der Waals surface area (Å²) < 4.78 is 7.25. The summed E-state index contributed by atoms with van der Waals surface area (Å²) in [5.74, 6) is 0.480. The predicted molar refractivity (Wildman–Crippen MR) is 78.4 cm³/mol. The number of aromatic nitrogens is 4. The van der Waals surface area contributed by atoms with Crippen molar-refractivity contribution in [2.24, 2.45) is 0 Å². The van der Waals surface area contributed by atoms with E-state index in [2.05, 4.69) is 20.4 Å². The van der Waals surface area contributed by atoms with Crippen molar-refractivity contribution < 1.29 is 4.74 Å². The van der Waals surface area contributed by atoms with Crippen molar-refractivity contribution in [3.8, 4) is 17.6 Å². The fraction of sp³-hybridized carbons (Fsp3) is 0.133. The lowest BCUT2D eigenvalue weighted by molar-refractivity contribution is 0.424. The van der Waals surface area contributed by atoms with Crippen LogP contribution in [0.15, 0.2) is 55.0 Å². The monoisotopic (exact) mass is 281 g/mol. The number of hydrogen-bond acceptors (Lipinski definition) is 5. The molecule has 3 aromatic rings. The third-order valence-corrected chi connectivity index (χ3v) is 2.87. The molecule has 0 spiro atoms. The molecule has 0 unspecified atom stereocenters. The minimum atomic E-state index is 0.271. The molecule has 0 bridgehead atoms. The van der Waals surface area contributed by atoms with Crippen molar-refractivity contribution >= 4 is 0 Å². The maximum absolute atomic E-state index is 5.59. The summed E-state index contributed by atoms with van der Waals surface area (Å²) in [5.41, 5.74) is 2.02. The summed E-state index contributed by atoms with van der Waals surface area (Å²) in [7, 11) is 1.89. The van der Waals surface area contributed by atoms with Crippen LogP contribution < -0.4 is 10.1 Å². The molecule has 2 aromatic heterocycles. The quantitative estimate of drug-likeness (QED) is 0.776. The molecule has 0 aliphatic carbocycles. The summed E-state index contributed by atoms with van der Waals surface area (Å²) in [4.78, 5) is 8.30. The molecule has 0 radical (unpaired) electrons. The molecule has 106 valence electrons. The van der Waals surface area contributed by atoms with Crippen LogP contribution in [0.2, 0.25) is 0 Å². The zero-order valence-electron chi connectivity index (χ0n) is 11.6. The Bertz CT molecular complexity index is 711. The average Bonchev–Trinajstić information content (AvgIpc) is 2.97. The minimum Gasteiger partial charge on any atom is -0.404 e. The second-order valence-electron chi connectivity index (χ2n) is 4.44. The molecule has 6 nitrogen and oxygen atoms in total. The van der Waals surface area contributed by atoms with Crippen LogP contribution in [0.5, 0.6) is 11.9 Å². The van der Waals surface area contributed by atoms with E-state index in [9.17, 15) is 0 Å². The van der Waals surface area contributed by atoms with Crippen molar-refractivity contribution in [1.82, 2.24) is 25.1 Å². The molecule has 0 aliphatic rings. The van der Waals surface area contributed by atoms with Gasteiger partial charge in [0.1, 0.15) is 6.33 Å². The topological polar surface area (TPSA) is 64.9 Å². The van der Waals surface area contributed by atoms with Gasteiger partial charge in [-0.25, -0.2) is 9.67 Å². The van der Waals surface area contributed by atoms with Gasteiger partial charge in [0.15, 0.2) is 0 Å². The molecular weight excluding hydrogens is 266 g/mol. The van der Waals surface area contributed by atoms with Crippen LogP contribution >= 0.6 is 0 Å². The Kier molecular flexibility index (Phi) is 3.88. The largest absolute Gasteiger partial charge is 0.404 e. The first-order valence-corrected chi connectivity index (χ1v) is 6.59. The summed E-state index contributed by atoms with van der Waals surface area (Å²) in [6.07, 6.45) is 3.32. The van der Waals surface area contributed by atoms with E-state index in [1.54, 1.807) is 17.2 Å². The van der Waals surface area contributed by atoms with Crippen LogP contribution in [0.25, 0.3) is 5.69 Å². The molecule has 0 aliphatic heterocycles. The zero-order valence-corrected chi connectivity index (χ0v) is 11.6. The van der Waals surface area contributed by atoms with E-state index in [-0.39, 0.29) is 6.01 Å². The Hall–Kier alpha value is -2.73. The number of benzene rings is 1. The second-order valence-corrected chi connectivity index (χ2v) is 4.44. The minimum absolute atomic E-state index is 0.271. The van der Waals surface area contributed by atoms with Crippen molar-refractivity contribution in [1.29, 1.82) is 0 Å². The second kappa shape index (κ2) is 6.15. The summed E-state index contributed by atoms with van der Waals surface area (Å²) in [6.45, 7) is 0.755. The number of ether oxygens (including phenoxy) is 1. The lowest BCUT2D eigenvalue weighted by atomic mass is 10.3. The number of para-hydroxylation sites is 1. The van der Waals surface area contributed by atoms with Crippen LogP contribution in [-0.2, 0) is 6.54 Å². The molecule has 6 heteroatoms. The summed E-state index contributed by atoms with van der Waals surface area (Å²) >= 11 is 0. The molecule has 3 rings (SSSR count). The molecule has 0 saturated carbocycles. The fourth-order valence-corrected chi connectivity index (χ4v) is 1.91. The average molecular weight is 281 g/mol. The highest BCUT2D eigenvalue weighted by atomic mass is 16.5. The van der Waals surface area contributed by atoms with Crippen LogP contribution in [-0.4, -0.2) is 26.8 Å². The van der Waals surface area contributed by atoms with Gasteiger partial charge in [-0.3, -0.25) is 0 Å². The molecule has 1 aromatic carbocycles. The number of pyridine rings is 1. The van der Waals surface area contributed by atoms with Gasteiger partial charge in [-0.05, 0) is 30.8 Å². The van der Waals surface area contributed by atoms with Crippen molar-refractivity contribution in [2.45, 2.75) is 6.54 Å². The SMILES string of the molecule is CNCc1ccnc(Oc2ncn(-c3ccccc3)n2)c1. The van der Waals surface area contributed by atoms with Gasteiger partial charge in [0.25, 0.3) is 0 Å². The molecular formula is C15H15N5O. The molecule has 0 atom stereocenters. The highest BCUT2D eigenvalue weighted by Gasteiger charge is 2.06. The lowest BCUT2D eigenvalue weighted by Gasteiger charge is -2.03. The van der Waals surface area contributed by atoms with Crippen LogP contribution in [0.4, 0.5) is 0 Å². The predicted octanol–water partition coefficient (Wildman–Crippen LogP) is 2.17. The number of nitrogens with zero attached hydrogens (tertiary/aromatic N) is 4. The molecule has 0 fully saturated rings. The first kappa shape index (κ1) is 13.3. The number of rotatable bonds is 5. The Morgan fingerprint density at radius 1 is 1.14 bits per heavy atom. The number of hydrogen-bond donors (Lipinski definition) is 1. The third kappa shape index (κ3) is 3.24. The van der Waals surface area contributed by atoms with E-state index >= 15 is 0 Å². The Morgan fingerprint density at radius 2 is 2.00 bits per heavy atom. The van der Waals surface area contributed by atoms with Gasteiger partial charge in [0, 0.05) is 18.8 Å². The van der Waals surface area contributed by atoms with E-state index in [4.69, 9.17) is 4.74 Å². The van der Waals surface area contributed by atoms with Crippen LogP contribution in [0.1, 0.15) is 5.56 Å². The molecule has 2 heterocycles. The van der Waals surface area contributed by atoms with Gasteiger partial charge in [-0.2, -0.15) is 4.98 Å². The fourth-order valence-electron chi connectivity index (χ4n) is 1.91. The zero-order chi connectivity index (χ0) is 14.5. The van der Waals surface area contributed by atoms with E-state index < -0.39 is 0 Å². The van der Waals surface area contributed by atoms with Gasteiger partial charge in [-0.1, -0.05) is 18.2 Å². The highest BCUT2D eigenvalue weighted by molar-refractivity contribution is 5.30. The summed E-state index contributed by atoms with van der Waals surface area (Å²) in [6, 6.07) is 13.8. The van der Waals surface area contributed by atoms with E-state index in [0.717, 1.165) is 17.8 Å². The van der Waals surface area contributed by atoms with Crippen molar-refractivity contribution in [2.75, 3.05) is 7.05 Å². The smallest absolute Gasteiger partial charge is 0.342 e. The molecule has 0 amide bonds. The third-order valence-electron chi connectivity index (χ3n) is 2.87. The van der Waals surface area contributed by atoms with Gasteiger partial charge in [-0.15, -0.1) is 5.10 Å². The highest BCUT2D eigenvalue weighted by Crippen LogP contribution is 2.16. The van der Waals surface area contributed by atoms with Crippen LogP contribution in [0, 0.1) is 0 Å². The van der Waals surface area contributed by atoms with Crippen molar-refractivity contribution in [3.05, 3.63) is 60.6 Å². The van der Waals surface area contributed by atoms with E-state index in [1.807, 2.05) is 49.5 Å². The van der Waals surface area contributed by atoms with Crippen LogP contribution in [0.3, 0.4) is 0 Å². The lowest BCUT2D eigenvalue weighted by Crippen LogP contribution is -2.05. The molecule has 21 heavy (non-hydrogen) atoms. The Morgan fingerprint density at radius 3 is 2.81 bits per heavy atom. The Balaban J connectivity index is 1.77. The first-order chi connectivity index (χ1) is 10.3. The Labute approximate surface area is 122 Å². The molecule has 0 saturated heterocycles. The molecule has 1 N–H and O–H groups in total. The maximum atomic E-state index is 5.59. The van der Waals surface area contributed by atoms with Gasteiger partial charge < -0.3 is 10.1 Å². The van der Waals surface area contributed by atoms with Crippen molar-refractivity contribution in [3.63, 3.8) is 0 Å². The maximum Gasteiger partial charge on any atom is 0.342 e. The van der Waals surface area contributed by atoms with Gasteiger partial charge in [0.05, 0.1) is 5.69 Å².